The second kappa shape index (κ2) is 7.92. The van der Waals surface area contributed by atoms with E-state index in [1.807, 2.05) is 6.92 Å². The molecule has 0 aromatic carbocycles. The standard InChI is InChI=1S/C16H29N5S/c1-6-17-16(18-9-12(2)21(5)15-7-8-15)20(4)10-14-11-22-13(3)19-14/h11-12,15H,6-10H2,1-5H3,(H,17,18). The Morgan fingerprint density at radius 3 is 2.77 bits per heavy atom. The molecule has 0 amide bonds. The lowest BCUT2D eigenvalue weighted by Gasteiger charge is -2.25. The molecule has 1 fully saturated rings. The minimum absolute atomic E-state index is 0.482. The largest absolute Gasteiger partial charge is 0.357 e. The van der Waals surface area contributed by atoms with E-state index < -0.39 is 0 Å². The van der Waals surface area contributed by atoms with Crippen LogP contribution in [0.25, 0.3) is 0 Å². The summed E-state index contributed by atoms with van der Waals surface area (Å²) in [6.45, 7) is 8.92. The van der Waals surface area contributed by atoms with Gasteiger partial charge in [-0.15, -0.1) is 11.3 Å². The molecular formula is C16H29N5S. The van der Waals surface area contributed by atoms with E-state index in [0.717, 1.165) is 42.3 Å². The van der Waals surface area contributed by atoms with Crippen molar-refractivity contribution >= 4 is 17.3 Å². The Morgan fingerprint density at radius 1 is 1.50 bits per heavy atom. The van der Waals surface area contributed by atoms with Crippen LogP contribution in [0.2, 0.25) is 0 Å². The number of guanidine groups is 1. The molecule has 1 aliphatic rings. The minimum Gasteiger partial charge on any atom is -0.357 e. The third-order valence-electron chi connectivity index (χ3n) is 4.09. The number of thiazole rings is 1. The van der Waals surface area contributed by atoms with Crippen LogP contribution >= 0.6 is 11.3 Å². The first-order valence-corrected chi connectivity index (χ1v) is 9.01. The van der Waals surface area contributed by atoms with E-state index in [9.17, 15) is 0 Å². The third-order valence-corrected chi connectivity index (χ3v) is 4.91. The van der Waals surface area contributed by atoms with Crippen molar-refractivity contribution in [1.29, 1.82) is 0 Å². The van der Waals surface area contributed by atoms with E-state index >= 15 is 0 Å². The van der Waals surface area contributed by atoms with Crippen LogP contribution in [-0.2, 0) is 6.54 Å². The van der Waals surface area contributed by atoms with Crippen molar-refractivity contribution < 1.29 is 0 Å². The molecule has 1 unspecified atom stereocenters. The molecule has 0 radical (unpaired) electrons. The molecule has 124 valence electrons. The average Bonchev–Trinajstić information content (AvgIpc) is 3.26. The van der Waals surface area contributed by atoms with Crippen LogP contribution in [0.15, 0.2) is 10.4 Å². The first-order valence-electron chi connectivity index (χ1n) is 8.13. The molecule has 1 heterocycles. The van der Waals surface area contributed by atoms with Crippen LogP contribution in [-0.4, -0.2) is 60.0 Å². The van der Waals surface area contributed by atoms with Gasteiger partial charge in [-0.2, -0.15) is 0 Å². The van der Waals surface area contributed by atoms with Crippen LogP contribution in [0.5, 0.6) is 0 Å². The number of hydrogen-bond donors (Lipinski definition) is 1. The predicted molar refractivity (Wildman–Crippen MR) is 94.5 cm³/mol. The maximum absolute atomic E-state index is 4.81. The molecule has 0 saturated heterocycles. The fourth-order valence-corrected chi connectivity index (χ4v) is 3.06. The summed E-state index contributed by atoms with van der Waals surface area (Å²) in [5, 5.41) is 6.62. The van der Waals surface area contributed by atoms with Gasteiger partial charge in [0.15, 0.2) is 5.96 Å². The fourth-order valence-electron chi connectivity index (χ4n) is 2.46. The van der Waals surface area contributed by atoms with Crippen LogP contribution in [0.3, 0.4) is 0 Å². The van der Waals surface area contributed by atoms with Crippen molar-refractivity contribution in [1.82, 2.24) is 20.1 Å². The lowest BCUT2D eigenvalue weighted by atomic mass is 10.3. The molecule has 2 rings (SSSR count). The first-order chi connectivity index (χ1) is 10.5. The number of nitrogens with zero attached hydrogens (tertiary/aromatic N) is 4. The highest BCUT2D eigenvalue weighted by Gasteiger charge is 2.28. The molecule has 5 nitrogen and oxygen atoms in total. The molecule has 1 aliphatic carbocycles. The normalized spacial score (nSPS) is 16.9. The highest BCUT2D eigenvalue weighted by atomic mass is 32.1. The lowest BCUT2D eigenvalue weighted by Crippen LogP contribution is -2.40. The smallest absolute Gasteiger partial charge is 0.194 e. The van der Waals surface area contributed by atoms with Crippen LogP contribution in [0.1, 0.15) is 37.4 Å². The molecule has 0 aliphatic heterocycles. The van der Waals surface area contributed by atoms with Crippen molar-refractivity contribution in [2.45, 2.75) is 52.2 Å². The summed E-state index contributed by atoms with van der Waals surface area (Å²) in [6.07, 6.45) is 2.68. The highest BCUT2D eigenvalue weighted by molar-refractivity contribution is 7.09. The van der Waals surface area contributed by atoms with Crippen molar-refractivity contribution in [3.63, 3.8) is 0 Å². The lowest BCUT2D eigenvalue weighted by molar-refractivity contribution is 0.252. The van der Waals surface area contributed by atoms with E-state index in [0.29, 0.717) is 6.04 Å². The van der Waals surface area contributed by atoms with Crippen molar-refractivity contribution in [3.8, 4) is 0 Å². The first kappa shape index (κ1) is 17.2. The second-order valence-corrected chi connectivity index (χ2v) is 7.22. The highest BCUT2D eigenvalue weighted by Crippen LogP contribution is 2.26. The maximum atomic E-state index is 4.81. The topological polar surface area (TPSA) is 43.8 Å². The minimum atomic E-state index is 0.482. The molecule has 1 atom stereocenters. The van der Waals surface area contributed by atoms with Crippen LogP contribution < -0.4 is 5.32 Å². The van der Waals surface area contributed by atoms with E-state index in [1.54, 1.807) is 11.3 Å². The molecule has 1 aromatic heterocycles. The Hall–Kier alpha value is -1.14. The van der Waals surface area contributed by atoms with Crippen molar-refractivity contribution in [2.75, 3.05) is 27.2 Å². The van der Waals surface area contributed by atoms with E-state index in [2.05, 4.69) is 53.4 Å². The summed E-state index contributed by atoms with van der Waals surface area (Å²) in [6, 6.07) is 1.26. The number of aliphatic imine (C=N–C) groups is 1. The number of nitrogens with one attached hydrogen (secondary N) is 1. The summed E-state index contributed by atoms with van der Waals surface area (Å²) < 4.78 is 0. The average molecular weight is 324 g/mol. The summed E-state index contributed by atoms with van der Waals surface area (Å²) >= 11 is 1.70. The Balaban J connectivity index is 1.93. The third kappa shape index (κ3) is 4.95. The van der Waals surface area contributed by atoms with E-state index in [1.165, 1.54) is 12.8 Å². The summed E-state index contributed by atoms with van der Waals surface area (Å²) in [7, 11) is 4.29. The molecule has 0 bridgehead atoms. The van der Waals surface area contributed by atoms with Gasteiger partial charge in [-0.05, 0) is 40.7 Å². The zero-order valence-corrected chi connectivity index (χ0v) is 15.3. The maximum Gasteiger partial charge on any atom is 0.194 e. The Morgan fingerprint density at radius 2 is 2.23 bits per heavy atom. The zero-order valence-electron chi connectivity index (χ0n) is 14.5. The van der Waals surface area contributed by atoms with E-state index in [4.69, 9.17) is 4.99 Å². The second-order valence-electron chi connectivity index (χ2n) is 6.15. The van der Waals surface area contributed by atoms with Gasteiger partial charge in [-0.1, -0.05) is 0 Å². The van der Waals surface area contributed by atoms with Gasteiger partial charge < -0.3 is 10.2 Å². The van der Waals surface area contributed by atoms with Gasteiger partial charge in [0.25, 0.3) is 0 Å². The van der Waals surface area contributed by atoms with Gasteiger partial charge in [0.1, 0.15) is 0 Å². The SMILES string of the molecule is CCNC(=NCC(C)N(C)C1CC1)N(C)Cc1csc(C)n1. The Labute approximate surface area is 138 Å². The Kier molecular flexibility index (Phi) is 6.20. The number of likely N-dealkylation sites (N-methyl/N-ethyl adjacent to an activating group) is 1. The number of aromatic nitrogens is 1. The zero-order chi connectivity index (χ0) is 16.1. The van der Waals surface area contributed by atoms with Gasteiger partial charge in [0.05, 0.1) is 23.8 Å². The summed E-state index contributed by atoms with van der Waals surface area (Å²) in [5.74, 6) is 0.962. The van der Waals surface area contributed by atoms with E-state index in [-0.39, 0.29) is 0 Å². The molecular weight excluding hydrogens is 294 g/mol. The van der Waals surface area contributed by atoms with Gasteiger partial charge in [0, 0.05) is 31.1 Å². The van der Waals surface area contributed by atoms with Gasteiger partial charge in [-0.3, -0.25) is 9.89 Å². The molecule has 1 N–H and O–H groups in total. The molecule has 1 saturated carbocycles. The number of rotatable bonds is 7. The Bertz CT molecular complexity index is 494. The van der Waals surface area contributed by atoms with Crippen LogP contribution in [0.4, 0.5) is 0 Å². The summed E-state index contributed by atoms with van der Waals surface area (Å²) in [4.78, 5) is 14.0. The molecule has 22 heavy (non-hydrogen) atoms. The van der Waals surface area contributed by atoms with Crippen molar-refractivity contribution in [3.05, 3.63) is 16.1 Å². The predicted octanol–water partition coefficient (Wildman–Crippen LogP) is 2.33. The fraction of sp³-hybridized carbons (Fsp3) is 0.750. The molecule has 1 aromatic rings. The van der Waals surface area contributed by atoms with Crippen molar-refractivity contribution in [2.24, 2.45) is 4.99 Å². The quantitative estimate of drug-likeness (QED) is 0.618. The summed E-state index contributed by atoms with van der Waals surface area (Å²) in [5.41, 5.74) is 1.11. The monoisotopic (exact) mass is 323 g/mol. The van der Waals surface area contributed by atoms with Crippen LogP contribution in [0, 0.1) is 6.92 Å². The van der Waals surface area contributed by atoms with Gasteiger partial charge >= 0.3 is 0 Å². The number of hydrogen-bond acceptors (Lipinski definition) is 4. The molecule has 6 heteroatoms. The van der Waals surface area contributed by atoms with Gasteiger partial charge in [0.2, 0.25) is 0 Å². The molecule has 0 spiro atoms. The number of aryl methyl sites for hydroxylation is 1. The van der Waals surface area contributed by atoms with Gasteiger partial charge in [-0.25, -0.2) is 4.98 Å².